The number of nitrogens with one attached hydrogen (secondary N) is 1. The lowest BCUT2D eigenvalue weighted by atomic mass is 9.89. The molecule has 0 aliphatic heterocycles. The van der Waals surface area contributed by atoms with E-state index in [0.717, 1.165) is 29.5 Å². The molecule has 0 fully saturated rings. The van der Waals surface area contributed by atoms with Gasteiger partial charge in [0.25, 0.3) is 5.56 Å². The van der Waals surface area contributed by atoms with Crippen molar-refractivity contribution in [3.8, 4) is 0 Å². The number of carbonyl (C=O) groups is 1. The fourth-order valence-corrected chi connectivity index (χ4v) is 5.20. The number of aryl methyl sites for hydroxylation is 1. The Kier molecular flexibility index (Phi) is 4.92. The average molecular weight is 423 g/mol. The highest BCUT2D eigenvalue weighted by Crippen LogP contribution is 2.35. The van der Waals surface area contributed by atoms with Crippen molar-refractivity contribution in [2.75, 3.05) is 5.32 Å². The van der Waals surface area contributed by atoms with Gasteiger partial charge in [0, 0.05) is 20.6 Å². The maximum Gasteiger partial charge on any atom is 0.279 e. The van der Waals surface area contributed by atoms with Crippen LogP contribution in [0, 0.1) is 5.92 Å². The fourth-order valence-electron chi connectivity index (χ4n) is 3.36. The van der Waals surface area contributed by atoms with Crippen LogP contribution in [-0.4, -0.2) is 20.9 Å². The zero-order valence-corrected chi connectivity index (χ0v) is 16.8. The molecule has 0 bridgehead atoms. The van der Waals surface area contributed by atoms with Gasteiger partial charge in [0.05, 0.1) is 5.39 Å². The minimum atomic E-state index is -0.401. The Balaban J connectivity index is 1.61. The number of hydrogen-bond acceptors (Lipinski definition) is 5. The second kappa shape index (κ2) is 7.22. The molecule has 0 saturated carbocycles. The summed E-state index contributed by atoms with van der Waals surface area (Å²) < 4.78 is 1.11. The number of aromatic nitrogens is 3. The van der Waals surface area contributed by atoms with Crippen LogP contribution in [0.15, 0.2) is 23.0 Å². The standard InChI is InChI=1S/C18H16Cl2N4O2S/c1-9-2-3-13-14(4-9)27-17-16(13)18(26)24(23-22-17)8-15(25)21-12-6-10(19)5-11(20)7-12/h5-7,9H,2-4,8H2,1H3,(H,21,25). The van der Waals surface area contributed by atoms with Gasteiger partial charge in [-0.05, 0) is 48.9 Å². The molecule has 2 heterocycles. The van der Waals surface area contributed by atoms with Gasteiger partial charge in [0.1, 0.15) is 6.54 Å². The minimum Gasteiger partial charge on any atom is -0.324 e. The van der Waals surface area contributed by atoms with E-state index >= 15 is 0 Å². The van der Waals surface area contributed by atoms with Gasteiger partial charge < -0.3 is 5.32 Å². The van der Waals surface area contributed by atoms with Crippen LogP contribution in [0.4, 0.5) is 5.69 Å². The minimum absolute atomic E-state index is 0.229. The molecule has 1 aromatic carbocycles. The number of amides is 1. The number of thiophene rings is 1. The Labute approximate surface area is 169 Å². The molecule has 4 rings (SSSR count). The first kappa shape index (κ1) is 18.4. The van der Waals surface area contributed by atoms with Gasteiger partial charge in [-0.15, -0.1) is 16.4 Å². The summed E-state index contributed by atoms with van der Waals surface area (Å²) in [7, 11) is 0. The number of rotatable bonds is 3. The normalized spacial score (nSPS) is 16.3. The van der Waals surface area contributed by atoms with Gasteiger partial charge in [-0.25, -0.2) is 4.68 Å². The molecule has 27 heavy (non-hydrogen) atoms. The van der Waals surface area contributed by atoms with E-state index in [1.807, 2.05) is 0 Å². The van der Waals surface area contributed by atoms with Crippen molar-refractivity contribution in [2.45, 2.75) is 32.7 Å². The summed E-state index contributed by atoms with van der Waals surface area (Å²) >= 11 is 13.4. The van der Waals surface area contributed by atoms with Crippen molar-refractivity contribution in [3.05, 3.63) is 49.0 Å². The van der Waals surface area contributed by atoms with E-state index in [1.165, 1.54) is 16.2 Å². The van der Waals surface area contributed by atoms with E-state index in [9.17, 15) is 9.59 Å². The molecule has 6 nitrogen and oxygen atoms in total. The maximum atomic E-state index is 12.9. The van der Waals surface area contributed by atoms with Crippen LogP contribution < -0.4 is 10.9 Å². The first-order chi connectivity index (χ1) is 12.9. The van der Waals surface area contributed by atoms with Crippen LogP contribution in [0.3, 0.4) is 0 Å². The number of anilines is 1. The van der Waals surface area contributed by atoms with Crippen molar-refractivity contribution in [3.63, 3.8) is 0 Å². The molecule has 1 N–H and O–H groups in total. The molecule has 9 heteroatoms. The Morgan fingerprint density at radius 1 is 1.33 bits per heavy atom. The van der Waals surface area contributed by atoms with Crippen LogP contribution in [0.25, 0.3) is 10.2 Å². The van der Waals surface area contributed by atoms with E-state index in [1.54, 1.807) is 18.2 Å². The Hall–Kier alpha value is -1.96. The first-order valence-corrected chi connectivity index (χ1v) is 10.1. The SMILES string of the molecule is CC1CCc2c(sc3nnn(CC(=O)Nc4cc(Cl)cc(Cl)c4)c(=O)c23)C1. The molecule has 3 aromatic rings. The fraction of sp³-hybridized carbons (Fsp3) is 0.333. The summed E-state index contributed by atoms with van der Waals surface area (Å²) in [4.78, 5) is 27.1. The summed E-state index contributed by atoms with van der Waals surface area (Å²) in [5, 5.41) is 12.2. The summed E-state index contributed by atoms with van der Waals surface area (Å²) in [6, 6.07) is 4.74. The highest BCUT2D eigenvalue weighted by molar-refractivity contribution is 7.18. The summed E-state index contributed by atoms with van der Waals surface area (Å²) in [5.41, 5.74) is 1.26. The predicted octanol–water partition coefficient (Wildman–Crippen LogP) is 3.92. The Bertz CT molecular complexity index is 1090. The molecule has 1 amide bonds. The average Bonchev–Trinajstić information content (AvgIpc) is 2.94. The van der Waals surface area contributed by atoms with Crippen LogP contribution in [0.2, 0.25) is 10.0 Å². The smallest absolute Gasteiger partial charge is 0.279 e. The number of benzene rings is 1. The first-order valence-electron chi connectivity index (χ1n) is 8.54. The lowest BCUT2D eigenvalue weighted by Gasteiger charge is -2.17. The second-order valence-corrected chi connectivity index (χ2v) is 8.75. The van der Waals surface area contributed by atoms with E-state index < -0.39 is 5.91 Å². The Morgan fingerprint density at radius 3 is 2.81 bits per heavy atom. The molecule has 1 atom stereocenters. The van der Waals surface area contributed by atoms with Gasteiger partial charge in [0.2, 0.25) is 5.91 Å². The van der Waals surface area contributed by atoms with Crippen LogP contribution in [0.5, 0.6) is 0 Å². The zero-order chi connectivity index (χ0) is 19.1. The second-order valence-electron chi connectivity index (χ2n) is 6.79. The lowest BCUT2D eigenvalue weighted by molar-refractivity contribution is -0.117. The van der Waals surface area contributed by atoms with Crippen LogP contribution in [-0.2, 0) is 24.2 Å². The summed E-state index contributed by atoms with van der Waals surface area (Å²) in [6.07, 6.45) is 2.88. The summed E-state index contributed by atoms with van der Waals surface area (Å²) in [5.74, 6) is 0.206. The van der Waals surface area contributed by atoms with Crippen molar-refractivity contribution in [2.24, 2.45) is 5.92 Å². The van der Waals surface area contributed by atoms with E-state index in [4.69, 9.17) is 23.2 Å². The third kappa shape index (κ3) is 3.72. The molecule has 2 aromatic heterocycles. The lowest BCUT2D eigenvalue weighted by Crippen LogP contribution is -2.30. The number of nitrogens with zero attached hydrogens (tertiary/aromatic N) is 3. The Morgan fingerprint density at radius 2 is 2.07 bits per heavy atom. The van der Waals surface area contributed by atoms with Crippen molar-refractivity contribution in [1.29, 1.82) is 0 Å². The van der Waals surface area contributed by atoms with Gasteiger partial charge in [0.15, 0.2) is 4.83 Å². The largest absolute Gasteiger partial charge is 0.324 e. The quantitative estimate of drug-likeness (QED) is 0.693. The highest BCUT2D eigenvalue weighted by Gasteiger charge is 2.24. The number of halogens is 2. The number of hydrogen-bond donors (Lipinski definition) is 1. The van der Waals surface area contributed by atoms with Gasteiger partial charge >= 0.3 is 0 Å². The molecule has 1 unspecified atom stereocenters. The van der Waals surface area contributed by atoms with Crippen molar-refractivity contribution in [1.82, 2.24) is 15.0 Å². The topological polar surface area (TPSA) is 76.9 Å². The van der Waals surface area contributed by atoms with E-state index in [-0.39, 0.29) is 12.1 Å². The molecule has 0 saturated heterocycles. The summed E-state index contributed by atoms with van der Waals surface area (Å²) in [6.45, 7) is 1.98. The molecule has 1 aliphatic rings. The van der Waals surface area contributed by atoms with E-state index in [2.05, 4.69) is 22.6 Å². The molecule has 140 valence electrons. The van der Waals surface area contributed by atoms with Crippen molar-refractivity contribution >= 4 is 56.3 Å². The molecule has 0 radical (unpaired) electrons. The monoisotopic (exact) mass is 422 g/mol. The molecular formula is C18H16Cl2N4O2S. The van der Waals surface area contributed by atoms with Gasteiger partial charge in [-0.2, -0.15) is 0 Å². The maximum absolute atomic E-state index is 12.9. The van der Waals surface area contributed by atoms with Crippen LogP contribution >= 0.6 is 34.5 Å². The van der Waals surface area contributed by atoms with E-state index in [0.29, 0.717) is 31.9 Å². The zero-order valence-electron chi connectivity index (χ0n) is 14.5. The third-order valence-electron chi connectivity index (χ3n) is 4.62. The number of fused-ring (bicyclic) bond motifs is 3. The van der Waals surface area contributed by atoms with Crippen molar-refractivity contribution < 1.29 is 4.79 Å². The molecular weight excluding hydrogens is 407 g/mol. The molecule has 1 aliphatic carbocycles. The van der Waals surface area contributed by atoms with Gasteiger partial charge in [-0.3, -0.25) is 9.59 Å². The molecule has 0 spiro atoms. The third-order valence-corrected chi connectivity index (χ3v) is 6.20. The number of carbonyl (C=O) groups excluding carboxylic acids is 1. The van der Waals surface area contributed by atoms with Gasteiger partial charge in [-0.1, -0.05) is 35.3 Å². The predicted molar refractivity (Wildman–Crippen MR) is 108 cm³/mol. The highest BCUT2D eigenvalue weighted by atomic mass is 35.5. The van der Waals surface area contributed by atoms with Crippen LogP contribution in [0.1, 0.15) is 23.8 Å².